The molecule has 0 saturated heterocycles. The molecule has 0 aliphatic carbocycles. The van der Waals surface area contributed by atoms with E-state index in [4.69, 9.17) is 5.11 Å². The van der Waals surface area contributed by atoms with Crippen molar-refractivity contribution >= 4 is 22.8 Å². The molecule has 2 unspecified atom stereocenters. The maximum atomic E-state index is 11.6. The Morgan fingerprint density at radius 3 is 2.11 bits per heavy atom. The fraction of sp³-hybridized carbons (Fsp3) is 0.818. The number of hydrogen-bond donors (Lipinski definition) is 3. The number of carboxylic acids is 1. The van der Waals surface area contributed by atoms with E-state index in [1.165, 1.54) is 0 Å². The third kappa shape index (κ3) is 6.58. The normalized spacial score (nSPS) is 16.5. The van der Waals surface area contributed by atoms with Gasteiger partial charge in [0.2, 0.25) is 0 Å². The molecule has 7 heteroatoms. The van der Waals surface area contributed by atoms with Gasteiger partial charge in [-0.05, 0) is 12.3 Å². The first-order valence-electron chi connectivity index (χ1n) is 5.64. The van der Waals surface area contributed by atoms with E-state index in [0.717, 1.165) is 0 Å². The van der Waals surface area contributed by atoms with Crippen LogP contribution in [0.1, 0.15) is 27.7 Å². The summed E-state index contributed by atoms with van der Waals surface area (Å²) in [6.07, 6.45) is 1.55. The molecule has 0 radical (unpaired) electrons. The minimum absolute atomic E-state index is 0.273. The number of rotatable bonds is 5. The summed E-state index contributed by atoms with van der Waals surface area (Å²) in [6.45, 7) is 6.91. The van der Waals surface area contributed by atoms with Crippen molar-refractivity contribution in [2.75, 3.05) is 12.0 Å². The van der Waals surface area contributed by atoms with Crippen molar-refractivity contribution < 1.29 is 18.9 Å². The van der Waals surface area contributed by atoms with Gasteiger partial charge >= 0.3 is 12.0 Å². The molecule has 0 aromatic rings. The van der Waals surface area contributed by atoms with Gasteiger partial charge in [0, 0.05) is 28.9 Å². The molecule has 2 amide bonds. The van der Waals surface area contributed by atoms with Crippen LogP contribution in [0.3, 0.4) is 0 Å². The number of nitrogens with one attached hydrogen (secondary N) is 2. The molecule has 0 aliphatic heterocycles. The molecule has 106 valence electrons. The Kier molecular flexibility index (Phi) is 6.31. The lowest BCUT2D eigenvalue weighted by molar-refractivity contribution is -0.141. The van der Waals surface area contributed by atoms with E-state index in [9.17, 15) is 13.8 Å². The maximum Gasteiger partial charge on any atom is 0.326 e. The maximum absolute atomic E-state index is 11.6. The summed E-state index contributed by atoms with van der Waals surface area (Å²) >= 11 is 0. The van der Waals surface area contributed by atoms with Crippen molar-refractivity contribution in [2.45, 2.75) is 39.8 Å². The van der Waals surface area contributed by atoms with Crippen molar-refractivity contribution in [3.05, 3.63) is 0 Å². The summed E-state index contributed by atoms with van der Waals surface area (Å²) in [5.41, 5.74) is -0.583. The molecule has 3 atom stereocenters. The lowest BCUT2D eigenvalue weighted by atomic mass is 9.87. The summed E-state index contributed by atoms with van der Waals surface area (Å²) in [5, 5.41) is 14.0. The molecule has 0 aliphatic rings. The number of hydrogen-bond acceptors (Lipinski definition) is 3. The van der Waals surface area contributed by atoms with Crippen LogP contribution >= 0.6 is 0 Å². The van der Waals surface area contributed by atoms with Crippen LogP contribution in [0.5, 0.6) is 0 Å². The Morgan fingerprint density at radius 2 is 1.78 bits per heavy atom. The van der Waals surface area contributed by atoms with E-state index in [0.29, 0.717) is 5.75 Å². The second kappa shape index (κ2) is 6.72. The number of amides is 2. The summed E-state index contributed by atoms with van der Waals surface area (Å²) in [4.78, 5) is 22.7. The first-order chi connectivity index (χ1) is 8.04. The molecular weight excluding hydrogens is 256 g/mol. The zero-order valence-corrected chi connectivity index (χ0v) is 12.3. The van der Waals surface area contributed by atoms with Crippen LogP contribution in [-0.2, 0) is 15.6 Å². The van der Waals surface area contributed by atoms with Crippen LogP contribution in [0.15, 0.2) is 0 Å². The number of urea groups is 1. The number of carbonyl (C=O) groups excluding carboxylic acids is 1. The van der Waals surface area contributed by atoms with Crippen molar-refractivity contribution in [2.24, 2.45) is 5.41 Å². The molecule has 0 heterocycles. The van der Waals surface area contributed by atoms with Gasteiger partial charge in [-0.25, -0.2) is 9.59 Å². The highest BCUT2D eigenvalue weighted by molar-refractivity contribution is 7.84. The van der Waals surface area contributed by atoms with Gasteiger partial charge < -0.3 is 15.7 Å². The van der Waals surface area contributed by atoms with Gasteiger partial charge in [-0.2, -0.15) is 0 Å². The predicted octanol–water partition coefficient (Wildman–Crippen LogP) is 0.552. The molecule has 0 bridgehead atoms. The summed E-state index contributed by atoms with van der Waals surface area (Å²) in [7, 11) is -1.01. The quantitative estimate of drug-likeness (QED) is 0.684. The van der Waals surface area contributed by atoms with E-state index in [-0.39, 0.29) is 6.04 Å². The zero-order valence-electron chi connectivity index (χ0n) is 11.4. The third-order valence-electron chi connectivity index (χ3n) is 2.25. The van der Waals surface area contributed by atoms with Gasteiger partial charge in [0.25, 0.3) is 0 Å². The molecule has 0 spiro atoms. The Bertz CT molecular complexity index is 338. The van der Waals surface area contributed by atoms with Crippen molar-refractivity contribution in [3.63, 3.8) is 0 Å². The predicted molar refractivity (Wildman–Crippen MR) is 70.9 cm³/mol. The molecule has 0 fully saturated rings. The molecule has 18 heavy (non-hydrogen) atoms. The minimum atomic E-state index is -1.08. The largest absolute Gasteiger partial charge is 0.480 e. The van der Waals surface area contributed by atoms with Gasteiger partial charge in [0.05, 0.1) is 0 Å². The third-order valence-corrected chi connectivity index (χ3v) is 3.22. The van der Waals surface area contributed by atoms with Crippen molar-refractivity contribution in [1.82, 2.24) is 10.6 Å². The fourth-order valence-electron chi connectivity index (χ4n) is 1.44. The fourth-order valence-corrected chi connectivity index (χ4v) is 2.23. The Balaban J connectivity index is 4.45. The Labute approximate surface area is 110 Å². The topological polar surface area (TPSA) is 95.5 Å². The number of carbonyl (C=O) groups is 2. The van der Waals surface area contributed by atoms with Crippen LogP contribution in [0.4, 0.5) is 4.79 Å². The van der Waals surface area contributed by atoms with Gasteiger partial charge in [-0.15, -0.1) is 0 Å². The van der Waals surface area contributed by atoms with E-state index in [1.807, 2.05) is 0 Å². The van der Waals surface area contributed by atoms with E-state index in [1.54, 1.807) is 34.0 Å². The Hall–Kier alpha value is -1.11. The monoisotopic (exact) mass is 278 g/mol. The van der Waals surface area contributed by atoms with Crippen molar-refractivity contribution in [3.8, 4) is 0 Å². The Morgan fingerprint density at radius 1 is 1.28 bits per heavy atom. The van der Waals surface area contributed by atoms with Crippen molar-refractivity contribution in [1.29, 1.82) is 0 Å². The summed E-state index contributed by atoms with van der Waals surface area (Å²) in [6, 6.07) is -1.81. The first kappa shape index (κ1) is 16.9. The van der Waals surface area contributed by atoms with E-state index in [2.05, 4.69) is 10.6 Å². The number of carboxylic acid groups (broad SMARTS) is 1. The van der Waals surface area contributed by atoms with Crippen LogP contribution < -0.4 is 10.6 Å². The van der Waals surface area contributed by atoms with Crippen LogP contribution in [0, 0.1) is 5.41 Å². The van der Waals surface area contributed by atoms with Crippen LogP contribution in [0.2, 0.25) is 0 Å². The molecule has 6 nitrogen and oxygen atoms in total. The molecule has 0 aromatic carbocycles. The lowest BCUT2D eigenvalue weighted by Gasteiger charge is -2.28. The molecule has 0 rings (SSSR count). The van der Waals surface area contributed by atoms with Crippen LogP contribution in [0.25, 0.3) is 0 Å². The highest BCUT2D eigenvalue weighted by Crippen LogP contribution is 2.19. The summed E-state index contributed by atoms with van der Waals surface area (Å²) in [5.74, 6) is -0.745. The van der Waals surface area contributed by atoms with Gasteiger partial charge in [0.15, 0.2) is 0 Å². The standard InChI is InChI=1S/C11H22N2O4S/c1-7(6-18(5)17)12-10(16)13-8(9(14)15)11(2,3)4/h7-8H,6H2,1-5H3,(H,14,15)(H2,12,13,16)/t7?,8-,18?/m0/s1. The summed E-state index contributed by atoms with van der Waals surface area (Å²) < 4.78 is 11.0. The van der Waals surface area contributed by atoms with E-state index >= 15 is 0 Å². The lowest BCUT2D eigenvalue weighted by Crippen LogP contribution is -2.54. The highest BCUT2D eigenvalue weighted by atomic mass is 32.2. The smallest absolute Gasteiger partial charge is 0.326 e. The first-order valence-corrected chi connectivity index (χ1v) is 7.36. The van der Waals surface area contributed by atoms with Gasteiger partial charge in [-0.1, -0.05) is 20.8 Å². The second-order valence-corrected chi connectivity index (χ2v) is 6.88. The minimum Gasteiger partial charge on any atom is -0.480 e. The average Bonchev–Trinajstić information content (AvgIpc) is 2.09. The molecule has 0 saturated carbocycles. The highest BCUT2D eigenvalue weighted by Gasteiger charge is 2.32. The molecular formula is C11H22N2O4S. The van der Waals surface area contributed by atoms with Gasteiger partial charge in [-0.3, -0.25) is 4.21 Å². The van der Waals surface area contributed by atoms with Crippen LogP contribution in [-0.4, -0.2) is 45.4 Å². The SMILES string of the molecule is CC(CS(C)=O)NC(=O)N[C@@H](C(=O)O)C(C)(C)C. The number of aliphatic carboxylic acids is 1. The second-order valence-electron chi connectivity index (χ2n) is 5.40. The average molecular weight is 278 g/mol. The van der Waals surface area contributed by atoms with Gasteiger partial charge in [0.1, 0.15) is 6.04 Å². The molecule has 3 N–H and O–H groups in total. The van der Waals surface area contributed by atoms with E-state index < -0.39 is 34.3 Å². The zero-order chi connectivity index (χ0) is 14.5. The molecule has 0 aromatic heterocycles.